The number of hydrogen-bond acceptors (Lipinski definition) is 4. The van der Waals surface area contributed by atoms with Crippen LogP contribution in [0.5, 0.6) is 5.75 Å². The molecule has 31 heavy (non-hydrogen) atoms. The summed E-state index contributed by atoms with van der Waals surface area (Å²) in [6.45, 7) is 3.51. The summed E-state index contributed by atoms with van der Waals surface area (Å²) in [5.74, 6) is -0.244. The summed E-state index contributed by atoms with van der Waals surface area (Å²) in [6, 6.07) is 7.73. The largest absolute Gasteiger partial charge is 0.506 e. The number of phenolic OH excluding ortho intramolecular Hbond substituents is 1. The number of halogens is 4. The first kappa shape index (κ1) is 24.6. The van der Waals surface area contributed by atoms with Crippen molar-refractivity contribution in [2.24, 2.45) is 0 Å². The lowest BCUT2D eigenvalue weighted by molar-refractivity contribution is -0.111. The van der Waals surface area contributed by atoms with E-state index in [2.05, 4.69) is 63.7 Å². The minimum Gasteiger partial charge on any atom is -0.506 e. The molecule has 0 heterocycles. The molecule has 1 aliphatic carbocycles. The molecule has 5 nitrogen and oxygen atoms in total. The number of aromatic hydroxyl groups is 1. The van der Waals surface area contributed by atoms with E-state index in [1.54, 1.807) is 38.1 Å². The summed E-state index contributed by atoms with van der Waals surface area (Å²) in [6.07, 6.45) is 1.62. The summed E-state index contributed by atoms with van der Waals surface area (Å²) < 4.78 is 35.7. The molecule has 0 aromatic heterocycles. The van der Waals surface area contributed by atoms with Crippen LogP contribution in [0.2, 0.25) is 0 Å². The van der Waals surface area contributed by atoms with Gasteiger partial charge in [0.25, 0.3) is 10.1 Å². The quantitative estimate of drug-likeness (QED) is 0.344. The molecular formula is C21H14Br4O5S. The van der Waals surface area contributed by atoms with Crippen LogP contribution in [-0.2, 0) is 14.9 Å². The van der Waals surface area contributed by atoms with Crippen molar-refractivity contribution in [3.63, 3.8) is 0 Å². The lowest BCUT2D eigenvalue weighted by Crippen LogP contribution is -2.11. The maximum atomic E-state index is 12.4. The third-order valence-corrected chi connectivity index (χ3v) is 8.86. The Kier molecular flexibility index (Phi) is 7.20. The van der Waals surface area contributed by atoms with E-state index in [1.807, 2.05) is 0 Å². The number of benzene rings is 2. The van der Waals surface area contributed by atoms with Crippen molar-refractivity contribution in [3.8, 4) is 5.75 Å². The molecule has 0 unspecified atom stereocenters. The molecule has 3 rings (SSSR count). The second kappa shape index (κ2) is 9.07. The second-order valence-electron chi connectivity index (χ2n) is 6.71. The van der Waals surface area contributed by atoms with Crippen molar-refractivity contribution in [2.75, 3.05) is 0 Å². The number of hydrogen-bond donors (Lipinski definition) is 2. The summed E-state index contributed by atoms with van der Waals surface area (Å²) in [4.78, 5) is 12.1. The Labute approximate surface area is 213 Å². The van der Waals surface area contributed by atoms with E-state index in [0.29, 0.717) is 41.3 Å². The third-order valence-electron chi connectivity index (χ3n) is 4.83. The Bertz CT molecular complexity index is 1340. The van der Waals surface area contributed by atoms with Gasteiger partial charge >= 0.3 is 0 Å². The Morgan fingerprint density at radius 1 is 1.00 bits per heavy atom. The van der Waals surface area contributed by atoms with E-state index in [9.17, 15) is 22.9 Å². The normalized spacial score (nSPS) is 16.5. The predicted octanol–water partition coefficient (Wildman–Crippen LogP) is 6.80. The average molecular weight is 698 g/mol. The Hall–Kier alpha value is -1.04. The van der Waals surface area contributed by atoms with Crippen molar-refractivity contribution in [1.29, 1.82) is 0 Å². The standard InChI is InChI=1S/C21H14Br4O5S/c1-9-12(7-14(22)20(26)18(9)24)17(11-5-3-4-6-16(11)31(28,29)30)13-8-15(23)21(27)19(25)10(13)2/h3-8,26H,1-2H3,(H,28,29,30)/b17-13+. The van der Waals surface area contributed by atoms with Gasteiger partial charge in [-0.2, -0.15) is 8.42 Å². The van der Waals surface area contributed by atoms with E-state index >= 15 is 0 Å². The predicted molar refractivity (Wildman–Crippen MR) is 134 cm³/mol. The third kappa shape index (κ3) is 4.56. The van der Waals surface area contributed by atoms with Gasteiger partial charge in [0.05, 0.1) is 17.9 Å². The molecule has 0 fully saturated rings. The first-order valence-corrected chi connectivity index (χ1v) is 13.2. The van der Waals surface area contributed by atoms with E-state index in [0.717, 1.165) is 0 Å². The summed E-state index contributed by atoms with van der Waals surface area (Å²) >= 11 is 13.3. The molecule has 1 aliphatic rings. The van der Waals surface area contributed by atoms with Crippen molar-refractivity contribution in [1.82, 2.24) is 0 Å². The molecule has 10 heteroatoms. The smallest absolute Gasteiger partial charge is 0.295 e. The zero-order valence-electron chi connectivity index (χ0n) is 16.0. The minimum absolute atomic E-state index is 0.00217. The van der Waals surface area contributed by atoms with Crippen molar-refractivity contribution < 1.29 is 22.9 Å². The average Bonchev–Trinajstić information content (AvgIpc) is 2.72. The van der Waals surface area contributed by atoms with Crippen molar-refractivity contribution in [3.05, 3.63) is 82.2 Å². The van der Waals surface area contributed by atoms with Crippen LogP contribution in [0.25, 0.3) is 5.57 Å². The van der Waals surface area contributed by atoms with Crippen molar-refractivity contribution in [2.45, 2.75) is 18.7 Å². The lowest BCUT2D eigenvalue weighted by atomic mass is 9.85. The number of Topliss-reactive ketones (excluding diaryl/α,β-unsaturated/α-hetero) is 1. The molecule has 0 saturated heterocycles. The molecule has 0 saturated carbocycles. The summed E-state index contributed by atoms with van der Waals surface area (Å²) in [7, 11) is -4.56. The van der Waals surface area contributed by atoms with Crippen LogP contribution in [-0.4, -0.2) is 23.9 Å². The summed E-state index contributed by atoms with van der Waals surface area (Å²) in [5.41, 5.74) is 3.10. The highest BCUT2D eigenvalue weighted by molar-refractivity contribution is 9.13. The fourth-order valence-electron chi connectivity index (χ4n) is 3.25. The van der Waals surface area contributed by atoms with Crippen LogP contribution in [0.4, 0.5) is 0 Å². The number of rotatable bonds is 3. The molecule has 0 amide bonds. The van der Waals surface area contributed by atoms with Crippen LogP contribution >= 0.6 is 63.7 Å². The minimum atomic E-state index is -4.56. The monoisotopic (exact) mass is 694 g/mol. The van der Waals surface area contributed by atoms with Gasteiger partial charge in [-0.05, 0) is 124 Å². The molecule has 2 aromatic carbocycles. The van der Waals surface area contributed by atoms with Gasteiger partial charge in [0, 0.05) is 5.56 Å². The van der Waals surface area contributed by atoms with Crippen LogP contribution in [0.1, 0.15) is 23.6 Å². The van der Waals surface area contributed by atoms with Gasteiger partial charge in [-0.15, -0.1) is 0 Å². The fraction of sp³-hybridized carbons (Fsp3) is 0.0952. The first-order chi connectivity index (χ1) is 14.4. The number of carbonyl (C=O) groups excluding carboxylic acids is 1. The number of allylic oxidation sites excluding steroid dienone is 5. The van der Waals surface area contributed by atoms with E-state index in [4.69, 9.17) is 0 Å². The molecule has 0 aliphatic heterocycles. The van der Waals surface area contributed by atoms with E-state index < -0.39 is 10.1 Å². The van der Waals surface area contributed by atoms with Crippen LogP contribution in [0.3, 0.4) is 0 Å². The van der Waals surface area contributed by atoms with E-state index in [1.165, 1.54) is 12.1 Å². The van der Waals surface area contributed by atoms with Gasteiger partial charge in [0.15, 0.2) is 0 Å². The van der Waals surface area contributed by atoms with Gasteiger partial charge in [-0.25, -0.2) is 0 Å². The molecule has 2 aromatic rings. The molecule has 0 atom stereocenters. The Balaban J connectivity index is 2.59. The van der Waals surface area contributed by atoms with Gasteiger partial charge in [-0.1, -0.05) is 18.2 Å². The molecule has 0 spiro atoms. The maximum absolute atomic E-state index is 12.4. The van der Waals surface area contributed by atoms with Crippen LogP contribution in [0, 0.1) is 6.92 Å². The van der Waals surface area contributed by atoms with E-state index in [-0.39, 0.29) is 26.5 Å². The second-order valence-corrected chi connectivity index (χ2v) is 11.4. The maximum Gasteiger partial charge on any atom is 0.295 e. The molecule has 0 radical (unpaired) electrons. The lowest BCUT2D eigenvalue weighted by Gasteiger charge is -2.23. The highest BCUT2D eigenvalue weighted by atomic mass is 79.9. The number of phenols is 1. The van der Waals surface area contributed by atoms with Gasteiger partial charge in [-0.3, -0.25) is 9.35 Å². The van der Waals surface area contributed by atoms with Gasteiger partial charge in [0.2, 0.25) is 5.78 Å². The van der Waals surface area contributed by atoms with Crippen LogP contribution < -0.4 is 0 Å². The Morgan fingerprint density at radius 2 is 1.61 bits per heavy atom. The SMILES string of the molecule is CC1=C(Br)C(=O)C(Br)=C/C1=C(/c1ccccc1S(=O)(=O)O)c1cc(Br)c(O)c(Br)c1C. The van der Waals surface area contributed by atoms with Gasteiger partial charge in [0.1, 0.15) is 10.6 Å². The van der Waals surface area contributed by atoms with Gasteiger partial charge < -0.3 is 5.11 Å². The molecule has 2 N–H and O–H groups in total. The Morgan fingerprint density at radius 3 is 2.23 bits per heavy atom. The highest BCUT2D eigenvalue weighted by Gasteiger charge is 2.28. The number of carbonyl (C=O) groups is 1. The zero-order valence-corrected chi connectivity index (χ0v) is 23.2. The number of ketones is 1. The molecular weight excluding hydrogens is 684 g/mol. The summed E-state index contributed by atoms with van der Waals surface area (Å²) in [5, 5.41) is 10.3. The van der Waals surface area contributed by atoms with Crippen molar-refractivity contribution >= 4 is 85.2 Å². The molecule has 0 bridgehead atoms. The fourth-order valence-corrected chi connectivity index (χ4v) is 6.19. The topological polar surface area (TPSA) is 91.7 Å². The van der Waals surface area contributed by atoms with Crippen LogP contribution in [0.15, 0.2) is 70.4 Å². The zero-order chi connectivity index (χ0) is 23.2. The highest BCUT2D eigenvalue weighted by Crippen LogP contribution is 2.45. The molecule has 162 valence electrons. The first-order valence-electron chi connectivity index (χ1n) is 8.64.